The number of hydrogen-bond donors (Lipinski definition) is 1. The third-order valence-corrected chi connectivity index (χ3v) is 4.55. The van der Waals surface area contributed by atoms with Gasteiger partial charge in [0, 0.05) is 5.92 Å². The molecule has 1 aliphatic rings. The zero-order valence-electron chi connectivity index (χ0n) is 13.0. The number of anilines is 1. The van der Waals surface area contributed by atoms with Crippen molar-refractivity contribution in [2.75, 3.05) is 12.3 Å². The van der Waals surface area contributed by atoms with E-state index in [9.17, 15) is 4.39 Å². The molecule has 0 spiro atoms. The van der Waals surface area contributed by atoms with E-state index in [1.807, 2.05) is 30.3 Å². The number of rotatable bonds is 5. The van der Waals surface area contributed by atoms with Crippen LogP contribution < -0.4 is 5.73 Å². The Kier molecular flexibility index (Phi) is 3.86. The van der Waals surface area contributed by atoms with Gasteiger partial charge < -0.3 is 15.0 Å². The standard InChI is InChI=1S/C17H18FN5O/c18-14-12(8-24-7-11-4-2-1-3-5-11)6-13(14)23-10-22-15-16(19)20-9-21-17(15)23/h1-5,9-10,12-14H,6-8H2,(H2,19,20,21)/t12-,13-,14?/m1/s1. The largest absolute Gasteiger partial charge is 0.382 e. The first-order valence-electron chi connectivity index (χ1n) is 7.93. The molecule has 1 unspecified atom stereocenters. The van der Waals surface area contributed by atoms with Gasteiger partial charge in [-0.25, -0.2) is 19.3 Å². The summed E-state index contributed by atoms with van der Waals surface area (Å²) in [6.45, 7) is 0.919. The Morgan fingerprint density at radius 3 is 2.83 bits per heavy atom. The third kappa shape index (κ3) is 2.60. The highest BCUT2D eigenvalue weighted by Crippen LogP contribution is 2.42. The van der Waals surface area contributed by atoms with Crippen LogP contribution in [0.1, 0.15) is 18.0 Å². The number of imidazole rings is 1. The molecule has 1 saturated carbocycles. The predicted molar refractivity (Wildman–Crippen MR) is 87.9 cm³/mol. The van der Waals surface area contributed by atoms with E-state index < -0.39 is 6.17 Å². The average molecular weight is 327 g/mol. The maximum atomic E-state index is 14.6. The highest BCUT2D eigenvalue weighted by atomic mass is 19.1. The van der Waals surface area contributed by atoms with E-state index >= 15 is 0 Å². The molecule has 1 aromatic carbocycles. The molecule has 124 valence electrons. The van der Waals surface area contributed by atoms with Gasteiger partial charge in [0.15, 0.2) is 11.5 Å². The zero-order valence-corrected chi connectivity index (χ0v) is 13.0. The van der Waals surface area contributed by atoms with Crippen LogP contribution in [-0.4, -0.2) is 32.3 Å². The highest BCUT2D eigenvalue weighted by molar-refractivity contribution is 5.81. The smallest absolute Gasteiger partial charge is 0.165 e. The van der Waals surface area contributed by atoms with Gasteiger partial charge in [-0.15, -0.1) is 0 Å². The van der Waals surface area contributed by atoms with Gasteiger partial charge in [0.25, 0.3) is 0 Å². The molecule has 0 aliphatic heterocycles. The highest BCUT2D eigenvalue weighted by Gasteiger charge is 2.43. The number of aromatic nitrogens is 4. The summed E-state index contributed by atoms with van der Waals surface area (Å²) in [5, 5.41) is 0. The molecule has 4 rings (SSSR count). The summed E-state index contributed by atoms with van der Waals surface area (Å²) in [6.07, 6.45) is 2.69. The average Bonchev–Trinajstić information content (AvgIpc) is 3.03. The van der Waals surface area contributed by atoms with Crippen LogP contribution in [0.5, 0.6) is 0 Å². The van der Waals surface area contributed by atoms with E-state index in [0.717, 1.165) is 5.56 Å². The summed E-state index contributed by atoms with van der Waals surface area (Å²) in [7, 11) is 0. The number of hydrogen-bond acceptors (Lipinski definition) is 5. The first-order valence-corrected chi connectivity index (χ1v) is 7.93. The molecule has 3 aromatic rings. The summed E-state index contributed by atoms with van der Waals surface area (Å²) < 4.78 is 22.0. The minimum Gasteiger partial charge on any atom is -0.382 e. The molecular formula is C17H18FN5O. The molecule has 24 heavy (non-hydrogen) atoms. The van der Waals surface area contributed by atoms with Crippen LogP contribution in [0.2, 0.25) is 0 Å². The van der Waals surface area contributed by atoms with Crippen LogP contribution in [0.15, 0.2) is 43.0 Å². The second-order valence-corrected chi connectivity index (χ2v) is 6.09. The maximum Gasteiger partial charge on any atom is 0.165 e. The minimum atomic E-state index is -0.977. The molecule has 3 atom stereocenters. The van der Waals surface area contributed by atoms with Crippen molar-refractivity contribution in [1.82, 2.24) is 19.5 Å². The molecule has 1 aliphatic carbocycles. The fourth-order valence-corrected chi connectivity index (χ4v) is 3.13. The molecule has 6 nitrogen and oxygen atoms in total. The van der Waals surface area contributed by atoms with Crippen LogP contribution >= 0.6 is 0 Å². The van der Waals surface area contributed by atoms with E-state index in [1.54, 1.807) is 10.9 Å². The van der Waals surface area contributed by atoms with Crippen LogP contribution in [0.25, 0.3) is 11.2 Å². The Morgan fingerprint density at radius 2 is 2.04 bits per heavy atom. The Hall–Kier alpha value is -2.54. The Bertz CT molecular complexity index is 837. The van der Waals surface area contributed by atoms with Gasteiger partial charge >= 0.3 is 0 Å². The molecular weight excluding hydrogens is 309 g/mol. The fourth-order valence-electron chi connectivity index (χ4n) is 3.13. The number of nitrogen functional groups attached to an aromatic ring is 1. The first-order chi connectivity index (χ1) is 11.7. The lowest BCUT2D eigenvalue weighted by Gasteiger charge is -2.40. The summed E-state index contributed by atoms with van der Waals surface area (Å²) in [5.74, 6) is 0.214. The van der Waals surface area contributed by atoms with Crippen molar-refractivity contribution in [3.8, 4) is 0 Å². The number of alkyl halides is 1. The topological polar surface area (TPSA) is 78.9 Å². The molecule has 2 N–H and O–H groups in total. The number of ether oxygens (including phenoxy) is 1. The van der Waals surface area contributed by atoms with Crippen LogP contribution in [0.3, 0.4) is 0 Å². The number of halogens is 1. The van der Waals surface area contributed by atoms with Gasteiger partial charge in [-0.3, -0.25) is 0 Å². The van der Waals surface area contributed by atoms with Gasteiger partial charge in [0.2, 0.25) is 0 Å². The summed E-state index contributed by atoms with van der Waals surface area (Å²) in [6, 6.07) is 9.62. The van der Waals surface area contributed by atoms with E-state index in [0.29, 0.717) is 36.6 Å². The van der Waals surface area contributed by atoms with Gasteiger partial charge in [0.05, 0.1) is 25.6 Å². The molecule has 7 heteroatoms. The summed E-state index contributed by atoms with van der Waals surface area (Å²) in [4.78, 5) is 12.3. The maximum absolute atomic E-state index is 14.6. The van der Waals surface area contributed by atoms with Gasteiger partial charge in [0.1, 0.15) is 18.0 Å². The molecule has 2 aromatic heterocycles. The van der Waals surface area contributed by atoms with E-state index in [2.05, 4.69) is 15.0 Å². The van der Waals surface area contributed by atoms with E-state index in [4.69, 9.17) is 10.5 Å². The van der Waals surface area contributed by atoms with E-state index in [1.165, 1.54) is 6.33 Å². The van der Waals surface area contributed by atoms with Crippen molar-refractivity contribution in [1.29, 1.82) is 0 Å². The Balaban J connectivity index is 1.37. The lowest BCUT2D eigenvalue weighted by Crippen LogP contribution is -2.42. The number of nitrogens with two attached hydrogens (primary N) is 1. The first kappa shape index (κ1) is 15.0. The van der Waals surface area contributed by atoms with Gasteiger partial charge in [-0.2, -0.15) is 0 Å². The fraction of sp³-hybridized carbons (Fsp3) is 0.353. The van der Waals surface area contributed by atoms with Crippen molar-refractivity contribution in [2.24, 2.45) is 5.92 Å². The van der Waals surface area contributed by atoms with Crippen molar-refractivity contribution in [2.45, 2.75) is 25.2 Å². The van der Waals surface area contributed by atoms with Gasteiger partial charge in [-0.05, 0) is 12.0 Å². The van der Waals surface area contributed by atoms with E-state index in [-0.39, 0.29) is 12.0 Å². The number of fused-ring (bicyclic) bond motifs is 1. The van der Waals surface area contributed by atoms with Crippen molar-refractivity contribution < 1.29 is 9.13 Å². The zero-order chi connectivity index (χ0) is 16.5. The van der Waals surface area contributed by atoms with Crippen molar-refractivity contribution in [3.05, 3.63) is 48.5 Å². The molecule has 0 amide bonds. The minimum absolute atomic E-state index is 0.102. The Labute approximate surface area is 138 Å². The third-order valence-electron chi connectivity index (χ3n) is 4.55. The van der Waals surface area contributed by atoms with Gasteiger partial charge in [-0.1, -0.05) is 30.3 Å². The summed E-state index contributed by atoms with van der Waals surface area (Å²) >= 11 is 0. The lowest BCUT2D eigenvalue weighted by molar-refractivity contribution is -0.0290. The molecule has 0 saturated heterocycles. The number of nitrogens with zero attached hydrogens (tertiary/aromatic N) is 4. The van der Waals surface area contributed by atoms with Crippen LogP contribution in [0, 0.1) is 5.92 Å². The van der Waals surface area contributed by atoms with Crippen LogP contribution in [0.4, 0.5) is 10.2 Å². The van der Waals surface area contributed by atoms with Crippen LogP contribution in [-0.2, 0) is 11.3 Å². The molecule has 1 fully saturated rings. The molecule has 2 heterocycles. The molecule has 0 radical (unpaired) electrons. The molecule has 0 bridgehead atoms. The van der Waals surface area contributed by atoms with Crippen molar-refractivity contribution in [3.63, 3.8) is 0 Å². The summed E-state index contributed by atoms with van der Waals surface area (Å²) in [5.41, 5.74) is 7.97. The monoisotopic (exact) mass is 327 g/mol. The predicted octanol–water partition coefficient (Wildman–Crippen LogP) is 2.52. The normalized spacial score (nSPS) is 23.3. The lowest BCUT2D eigenvalue weighted by atomic mass is 9.78. The van der Waals surface area contributed by atoms with Crippen molar-refractivity contribution >= 4 is 17.0 Å². The second kappa shape index (κ2) is 6.16. The SMILES string of the molecule is Nc1ncnc2c1ncn2[C@@H]1C[C@H](COCc2ccccc2)C1F. The Morgan fingerprint density at radius 1 is 1.21 bits per heavy atom. The number of benzene rings is 1. The quantitative estimate of drug-likeness (QED) is 0.779. The second-order valence-electron chi connectivity index (χ2n) is 6.09.